The van der Waals surface area contributed by atoms with E-state index in [4.69, 9.17) is 0 Å². The molecule has 5 nitrogen and oxygen atoms in total. The Morgan fingerprint density at radius 3 is 2.28 bits per heavy atom. The Bertz CT molecular complexity index is 907. The zero-order valence-corrected chi connectivity index (χ0v) is 14.0. The van der Waals surface area contributed by atoms with Gasteiger partial charge in [-0.2, -0.15) is 0 Å². The highest BCUT2D eigenvalue weighted by Gasteiger charge is 2.11. The maximum Gasteiger partial charge on any atom is 0.252 e. The van der Waals surface area contributed by atoms with Crippen LogP contribution < -0.4 is 10.6 Å². The summed E-state index contributed by atoms with van der Waals surface area (Å²) in [7, 11) is 0. The molecule has 0 radical (unpaired) electrons. The second kappa shape index (κ2) is 7.57. The first-order valence-electron chi connectivity index (χ1n) is 8.13. The molecule has 126 valence electrons. The van der Waals surface area contributed by atoms with E-state index in [1.807, 2.05) is 49.4 Å². The van der Waals surface area contributed by atoms with E-state index in [0.717, 1.165) is 16.6 Å². The van der Waals surface area contributed by atoms with Gasteiger partial charge in [0.1, 0.15) is 0 Å². The summed E-state index contributed by atoms with van der Waals surface area (Å²) in [5, 5.41) is 6.45. The molecule has 2 amide bonds. The molecule has 0 saturated carbocycles. The number of para-hydroxylation sites is 1. The number of carbonyl (C=O) groups excluding carboxylic acids is 2. The summed E-state index contributed by atoms with van der Waals surface area (Å²) in [6.07, 6.45) is 0. The molecule has 5 heteroatoms. The number of aryl methyl sites for hydroxylation is 1. The Hall–Kier alpha value is -3.21. The predicted molar refractivity (Wildman–Crippen MR) is 97.6 cm³/mol. The minimum atomic E-state index is -0.171. The van der Waals surface area contributed by atoms with Crippen molar-refractivity contribution in [3.8, 4) is 0 Å². The van der Waals surface area contributed by atoms with Gasteiger partial charge in [-0.15, -0.1) is 0 Å². The van der Waals surface area contributed by atoms with Crippen LogP contribution in [0.3, 0.4) is 0 Å². The van der Waals surface area contributed by atoms with Gasteiger partial charge in [-0.1, -0.05) is 36.4 Å². The minimum absolute atomic E-state index is 0.153. The molecule has 1 heterocycles. The van der Waals surface area contributed by atoms with Crippen LogP contribution in [0.15, 0.2) is 60.7 Å². The molecule has 0 atom stereocenters. The van der Waals surface area contributed by atoms with E-state index in [1.165, 1.54) is 0 Å². The largest absolute Gasteiger partial charge is 0.350 e. The van der Waals surface area contributed by atoms with E-state index in [2.05, 4.69) is 15.6 Å². The predicted octanol–water partition coefficient (Wildman–Crippen LogP) is 2.70. The number of hydrogen-bond acceptors (Lipinski definition) is 3. The first kappa shape index (κ1) is 16.6. The van der Waals surface area contributed by atoms with Gasteiger partial charge in [0.2, 0.25) is 0 Å². The standard InChI is InChI=1S/C20H19N3O2/c1-14-13-17(16-9-5-6-10-18(16)23-14)20(25)22-12-11-21-19(24)15-7-3-2-4-8-15/h2-10,13H,11-12H2,1H3,(H,21,24)(H,22,25). The third-order valence-electron chi connectivity index (χ3n) is 3.82. The van der Waals surface area contributed by atoms with Crippen LogP contribution in [0.25, 0.3) is 10.9 Å². The lowest BCUT2D eigenvalue weighted by Crippen LogP contribution is -2.34. The van der Waals surface area contributed by atoms with Crippen molar-refractivity contribution >= 4 is 22.7 Å². The molecule has 0 aliphatic rings. The van der Waals surface area contributed by atoms with E-state index in [1.54, 1.807) is 18.2 Å². The molecule has 0 aliphatic heterocycles. The maximum absolute atomic E-state index is 12.5. The van der Waals surface area contributed by atoms with Crippen molar-refractivity contribution in [1.82, 2.24) is 15.6 Å². The highest BCUT2D eigenvalue weighted by Crippen LogP contribution is 2.17. The Morgan fingerprint density at radius 1 is 0.880 bits per heavy atom. The number of carbonyl (C=O) groups is 2. The molecule has 1 aromatic heterocycles. The molecule has 0 spiro atoms. The lowest BCUT2D eigenvalue weighted by Gasteiger charge is -2.10. The average molecular weight is 333 g/mol. The van der Waals surface area contributed by atoms with Crippen LogP contribution in [0.5, 0.6) is 0 Å². The molecule has 2 aromatic carbocycles. The van der Waals surface area contributed by atoms with Gasteiger partial charge in [-0.3, -0.25) is 14.6 Å². The first-order valence-corrected chi connectivity index (χ1v) is 8.13. The summed E-state index contributed by atoms with van der Waals surface area (Å²) in [6, 6.07) is 18.3. The van der Waals surface area contributed by atoms with Gasteiger partial charge in [0.25, 0.3) is 11.8 Å². The average Bonchev–Trinajstić information content (AvgIpc) is 2.64. The Balaban J connectivity index is 1.59. The third kappa shape index (κ3) is 4.01. The Morgan fingerprint density at radius 2 is 1.52 bits per heavy atom. The van der Waals surface area contributed by atoms with Crippen molar-refractivity contribution in [3.63, 3.8) is 0 Å². The number of pyridine rings is 1. The third-order valence-corrected chi connectivity index (χ3v) is 3.82. The monoisotopic (exact) mass is 333 g/mol. The summed E-state index contributed by atoms with van der Waals surface area (Å²) < 4.78 is 0. The van der Waals surface area contributed by atoms with E-state index >= 15 is 0 Å². The van der Waals surface area contributed by atoms with Crippen LogP contribution in [0.2, 0.25) is 0 Å². The highest BCUT2D eigenvalue weighted by molar-refractivity contribution is 6.06. The number of benzene rings is 2. The first-order chi connectivity index (χ1) is 12.1. The fourth-order valence-electron chi connectivity index (χ4n) is 2.63. The van der Waals surface area contributed by atoms with Crippen LogP contribution in [-0.4, -0.2) is 29.9 Å². The zero-order valence-electron chi connectivity index (χ0n) is 14.0. The highest BCUT2D eigenvalue weighted by atomic mass is 16.2. The molecule has 0 aliphatic carbocycles. The normalized spacial score (nSPS) is 10.4. The van der Waals surface area contributed by atoms with E-state index in [9.17, 15) is 9.59 Å². The van der Waals surface area contributed by atoms with Crippen LogP contribution in [0.4, 0.5) is 0 Å². The van der Waals surface area contributed by atoms with Gasteiger partial charge in [-0.25, -0.2) is 0 Å². The van der Waals surface area contributed by atoms with E-state index in [0.29, 0.717) is 24.2 Å². The summed E-state index contributed by atoms with van der Waals surface area (Å²) in [4.78, 5) is 28.9. The molecule has 0 saturated heterocycles. The maximum atomic E-state index is 12.5. The van der Waals surface area contributed by atoms with Crippen molar-refractivity contribution in [3.05, 3.63) is 77.5 Å². The fourth-order valence-corrected chi connectivity index (χ4v) is 2.63. The van der Waals surface area contributed by atoms with Gasteiger partial charge < -0.3 is 10.6 Å². The van der Waals surface area contributed by atoms with E-state index < -0.39 is 0 Å². The van der Waals surface area contributed by atoms with Gasteiger partial charge in [0.05, 0.1) is 11.1 Å². The van der Waals surface area contributed by atoms with Gasteiger partial charge >= 0.3 is 0 Å². The number of amides is 2. The van der Waals surface area contributed by atoms with Crippen LogP contribution in [0, 0.1) is 6.92 Å². The second-order valence-electron chi connectivity index (χ2n) is 5.71. The number of hydrogen-bond donors (Lipinski definition) is 2. The number of aromatic nitrogens is 1. The number of rotatable bonds is 5. The molecular weight excluding hydrogens is 314 g/mol. The number of nitrogens with one attached hydrogen (secondary N) is 2. The van der Waals surface area contributed by atoms with Gasteiger partial charge in [-0.05, 0) is 31.2 Å². The molecule has 25 heavy (non-hydrogen) atoms. The Labute approximate surface area is 146 Å². The van der Waals surface area contributed by atoms with Gasteiger partial charge in [0, 0.05) is 29.7 Å². The van der Waals surface area contributed by atoms with Gasteiger partial charge in [0.15, 0.2) is 0 Å². The Kier molecular flexibility index (Phi) is 5.04. The molecule has 3 aromatic rings. The summed E-state index contributed by atoms with van der Waals surface area (Å²) >= 11 is 0. The number of nitrogens with zero attached hydrogens (tertiary/aromatic N) is 1. The smallest absolute Gasteiger partial charge is 0.252 e. The minimum Gasteiger partial charge on any atom is -0.350 e. The molecule has 3 rings (SSSR count). The SMILES string of the molecule is Cc1cc(C(=O)NCCNC(=O)c2ccccc2)c2ccccc2n1. The van der Waals surface area contributed by atoms with Crippen LogP contribution >= 0.6 is 0 Å². The van der Waals surface area contributed by atoms with Crippen LogP contribution in [0.1, 0.15) is 26.4 Å². The quantitative estimate of drug-likeness (QED) is 0.705. The molecular formula is C20H19N3O2. The van der Waals surface area contributed by atoms with E-state index in [-0.39, 0.29) is 11.8 Å². The summed E-state index contributed by atoms with van der Waals surface area (Å²) in [6.45, 7) is 2.58. The summed E-state index contributed by atoms with van der Waals surface area (Å²) in [5.74, 6) is -0.323. The lowest BCUT2D eigenvalue weighted by molar-refractivity contribution is 0.0928. The van der Waals surface area contributed by atoms with Crippen molar-refractivity contribution in [2.24, 2.45) is 0 Å². The van der Waals surface area contributed by atoms with Crippen molar-refractivity contribution in [1.29, 1.82) is 0 Å². The van der Waals surface area contributed by atoms with Crippen molar-refractivity contribution < 1.29 is 9.59 Å². The topological polar surface area (TPSA) is 71.1 Å². The molecule has 0 fully saturated rings. The van der Waals surface area contributed by atoms with Crippen molar-refractivity contribution in [2.75, 3.05) is 13.1 Å². The molecule has 0 bridgehead atoms. The summed E-state index contributed by atoms with van der Waals surface area (Å²) in [5.41, 5.74) is 2.79. The molecule has 2 N–H and O–H groups in total. The second-order valence-corrected chi connectivity index (χ2v) is 5.71. The zero-order chi connectivity index (χ0) is 17.6. The fraction of sp³-hybridized carbons (Fsp3) is 0.150. The number of fused-ring (bicyclic) bond motifs is 1. The lowest BCUT2D eigenvalue weighted by atomic mass is 10.1. The van der Waals surface area contributed by atoms with Crippen LogP contribution in [-0.2, 0) is 0 Å². The molecule has 0 unspecified atom stereocenters. The van der Waals surface area contributed by atoms with Crippen molar-refractivity contribution in [2.45, 2.75) is 6.92 Å².